The van der Waals surface area contributed by atoms with Crippen LogP contribution in [0.5, 0.6) is 0 Å². The highest BCUT2D eigenvalue weighted by Gasteiger charge is 2.01. The molecule has 4 heteroatoms. The Hall–Kier alpha value is -2.23. The van der Waals surface area contributed by atoms with Gasteiger partial charge in [0.05, 0.1) is 6.20 Å². The summed E-state index contributed by atoms with van der Waals surface area (Å²) in [7, 11) is 0. The lowest BCUT2D eigenvalue weighted by Gasteiger charge is -1.94. The molecule has 0 radical (unpaired) electrons. The fraction of sp³-hybridized carbons (Fsp3) is 0.143. The summed E-state index contributed by atoms with van der Waals surface area (Å²) < 4.78 is 14.5. The third kappa shape index (κ3) is 2.91. The van der Waals surface area contributed by atoms with Crippen molar-refractivity contribution in [1.82, 2.24) is 9.78 Å². The molecular weight excluding hydrogens is 231 g/mol. The second-order valence-electron chi connectivity index (χ2n) is 3.83. The Labute approximate surface area is 105 Å². The molecule has 0 aliphatic carbocycles. The summed E-state index contributed by atoms with van der Waals surface area (Å²) in [4.78, 5) is 11.8. The van der Waals surface area contributed by atoms with E-state index in [2.05, 4.69) is 5.10 Å². The Morgan fingerprint density at radius 1 is 1.39 bits per heavy atom. The first-order valence-electron chi connectivity index (χ1n) is 5.69. The van der Waals surface area contributed by atoms with Crippen LogP contribution in [-0.4, -0.2) is 15.6 Å². The van der Waals surface area contributed by atoms with Gasteiger partial charge in [-0.25, -0.2) is 4.39 Å². The summed E-state index contributed by atoms with van der Waals surface area (Å²) in [6.07, 6.45) is 6.71. The normalized spacial score (nSPS) is 11.0. The fourth-order valence-electron chi connectivity index (χ4n) is 1.52. The predicted octanol–water partition coefficient (Wildman–Crippen LogP) is 2.94. The van der Waals surface area contributed by atoms with Crippen molar-refractivity contribution < 1.29 is 9.18 Å². The lowest BCUT2D eigenvalue weighted by atomic mass is 10.1. The number of aryl methyl sites for hydroxylation is 1. The lowest BCUT2D eigenvalue weighted by molar-refractivity contribution is 0.104. The van der Waals surface area contributed by atoms with E-state index < -0.39 is 0 Å². The molecule has 0 atom stereocenters. The van der Waals surface area contributed by atoms with E-state index in [-0.39, 0.29) is 11.6 Å². The topological polar surface area (TPSA) is 34.9 Å². The molecule has 2 rings (SSSR count). The van der Waals surface area contributed by atoms with Crippen LogP contribution in [0.1, 0.15) is 22.8 Å². The summed E-state index contributed by atoms with van der Waals surface area (Å²) >= 11 is 0. The van der Waals surface area contributed by atoms with Gasteiger partial charge in [-0.3, -0.25) is 9.48 Å². The number of hydrogen-bond donors (Lipinski definition) is 0. The van der Waals surface area contributed by atoms with Crippen LogP contribution in [0.4, 0.5) is 4.39 Å². The van der Waals surface area contributed by atoms with Crippen molar-refractivity contribution >= 4 is 11.9 Å². The van der Waals surface area contributed by atoms with E-state index in [1.54, 1.807) is 17.0 Å². The number of benzene rings is 1. The van der Waals surface area contributed by atoms with Crippen molar-refractivity contribution in [3.63, 3.8) is 0 Å². The van der Waals surface area contributed by atoms with Crippen molar-refractivity contribution in [3.8, 4) is 0 Å². The molecule has 0 aliphatic heterocycles. The first kappa shape index (κ1) is 12.2. The summed E-state index contributed by atoms with van der Waals surface area (Å²) in [5.41, 5.74) is 1.34. The maximum Gasteiger partial charge on any atom is 0.185 e. The van der Waals surface area contributed by atoms with Gasteiger partial charge >= 0.3 is 0 Å². The molecule has 1 aromatic carbocycles. The Morgan fingerprint density at radius 2 is 2.11 bits per heavy atom. The van der Waals surface area contributed by atoms with Crippen LogP contribution < -0.4 is 0 Å². The summed E-state index contributed by atoms with van der Waals surface area (Å²) in [6, 6.07) is 5.49. The highest BCUT2D eigenvalue weighted by molar-refractivity contribution is 6.06. The van der Waals surface area contributed by atoms with Crippen LogP contribution in [-0.2, 0) is 6.54 Å². The van der Waals surface area contributed by atoms with Crippen LogP contribution in [0, 0.1) is 5.82 Å². The van der Waals surface area contributed by atoms with Gasteiger partial charge in [-0.05, 0) is 43.3 Å². The Bertz CT molecular complexity index is 570. The molecule has 1 aromatic heterocycles. The molecule has 0 aliphatic rings. The summed E-state index contributed by atoms with van der Waals surface area (Å²) in [6.45, 7) is 2.78. The number of carbonyl (C=O) groups is 1. The molecule has 0 saturated carbocycles. The number of nitrogens with zero attached hydrogens (tertiary/aromatic N) is 2. The zero-order chi connectivity index (χ0) is 13.0. The van der Waals surface area contributed by atoms with E-state index in [0.717, 1.165) is 12.1 Å². The number of rotatable bonds is 4. The molecule has 0 saturated heterocycles. The molecule has 0 fully saturated rings. The SMILES string of the molecule is CCn1cc(C=CC(=O)c2ccc(F)cc2)cn1. The van der Waals surface area contributed by atoms with Gasteiger partial charge in [0.25, 0.3) is 0 Å². The third-order valence-corrected chi connectivity index (χ3v) is 2.53. The molecule has 2 aromatic rings. The number of aromatic nitrogens is 2. The quantitative estimate of drug-likeness (QED) is 0.612. The standard InChI is InChI=1S/C14H13FN2O/c1-2-17-10-11(9-16-17)3-8-14(18)12-4-6-13(15)7-5-12/h3-10H,2H2,1H3. The maximum atomic E-state index is 12.7. The van der Waals surface area contributed by atoms with E-state index in [4.69, 9.17) is 0 Å². The molecule has 0 unspecified atom stereocenters. The van der Waals surface area contributed by atoms with Gasteiger partial charge in [0.15, 0.2) is 5.78 Å². The number of hydrogen-bond acceptors (Lipinski definition) is 2. The summed E-state index contributed by atoms with van der Waals surface area (Å²) in [5, 5.41) is 4.10. The molecule has 0 N–H and O–H groups in total. The van der Waals surface area contributed by atoms with E-state index in [1.165, 1.54) is 30.3 Å². The van der Waals surface area contributed by atoms with Crippen molar-refractivity contribution in [3.05, 3.63) is 59.7 Å². The average molecular weight is 244 g/mol. The van der Waals surface area contributed by atoms with Crippen LogP contribution in [0.2, 0.25) is 0 Å². The molecule has 0 amide bonds. The van der Waals surface area contributed by atoms with Gasteiger partial charge in [0.1, 0.15) is 5.82 Å². The largest absolute Gasteiger partial charge is 0.289 e. The average Bonchev–Trinajstić information content (AvgIpc) is 2.85. The number of allylic oxidation sites excluding steroid dienone is 1. The zero-order valence-corrected chi connectivity index (χ0v) is 10.0. The summed E-state index contributed by atoms with van der Waals surface area (Å²) in [5.74, 6) is -0.501. The van der Waals surface area contributed by atoms with Gasteiger partial charge in [-0.1, -0.05) is 0 Å². The first-order valence-corrected chi connectivity index (χ1v) is 5.69. The van der Waals surface area contributed by atoms with Gasteiger partial charge in [-0.15, -0.1) is 0 Å². The van der Waals surface area contributed by atoms with E-state index >= 15 is 0 Å². The van der Waals surface area contributed by atoms with Crippen molar-refractivity contribution in [2.45, 2.75) is 13.5 Å². The van der Waals surface area contributed by atoms with E-state index in [9.17, 15) is 9.18 Å². The van der Waals surface area contributed by atoms with Gasteiger partial charge in [-0.2, -0.15) is 5.10 Å². The van der Waals surface area contributed by atoms with Crippen molar-refractivity contribution in [1.29, 1.82) is 0 Å². The fourth-order valence-corrected chi connectivity index (χ4v) is 1.52. The smallest absolute Gasteiger partial charge is 0.185 e. The molecule has 0 spiro atoms. The molecule has 18 heavy (non-hydrogen) atoms. The minimum absolute atomic E-state index is 0.153. The Balaban J connectivity index is 2.09. The van der Waals surface area contributed by atoms with E-state index in [1.807, 2.05) is 13.1 Å². The number of halogens is 1. The molecule has 1 heterocycles. The van der Waals surface area contributed by atoms with Crippen molar-refractivity contribution in [2.75, 3.05) is 0 Å². The van der Waals surface area contributed by atoms with Crippen LogP contribution in [0.15, 0.2) is 42.7 Å². The second kappa shape index (κ2) is 5.40. The first-order chi connectivity index (χ1) is 8.69. The van der Waals surface area contributed by atoms with Crippen LogP contribution >= 0.6 is 0 Å². The van der Waals surface area contributed by atoms with E-state index in [0.29, 0.717) is 5.56 Å². The van der Waals surface area contributed by atoms with Gasteiger partial charge in [0.2, 0.25) is 0 Å². The van der Waals surface area contributed by atoms with Gasteiger partial charge in [0, 0.05) is 23.9 Å². The van der Waals surface area contributed by atoms with Crippen LogP contribution in [0.3, 0.4) is 0 Å². The van der Waals surface area contributed by atoms with Crippen molar-refractivity contribution in [2.24, 2.45) is 0 Å². The highest BCUT2D eigenvalue weighted by atomic mass is 19.1. The molecular formula is C14H13FN2O. The molecule has 0 bridgehead atoms. The van der Waals surface area contributed by atoms with Gasteiger partial charge < -0.3 is 0 Å². The lowest BCUT2D eigenvalue weighted by Crippen LogP contribution is -1.93. The monoisotopic (exact) mass is 244 g/mol. The molecule has 3 nitrogen and oxygen atoms in total. The zero-order valence-electron chi connectivity index (χ0n) is 10.0. The molecule has 92 valence electrons. The maximum absolute atomic E-state index is 12.7. The Kier molecular flexibility index (Phi) is 3.67. The third-order valence-electron chi connectivity index (χ3n) is 2.53. The number of ketones is 1. The second-order valence-corrected chi connectivity index (χ2v) is 3.83. The minimum atomic E-state index is -0.347. The van der Waals surface area contributed by atoms with Crippen LogP contribution in [0.25, 0.3) is 6.08 Å². The number of carbonyl (C=O) groups excluding carboxylic acids is 1. The predicted molar refractivity (Wildman–Crippen MR) is 67.7 cm³/mol. The minimum Gasteiger partial charge on any atom is -0.289 e. The Morgan fingerprint density at radius 3 is 2.72 bits per heavy atom. The highest BCUT2D eigenvalue weighted by Crippen LogP contribution is 2.06.